The van der Waals surface area contributed by atoms with Gasteiger partial charge in [0.15, 0.2) is 11.4 Å². The lowest BCUT2D eigenvalue weighted by molar-refractivity contribution is -0.148. The standard InChI is InChI=1S/C31H42N4O8/c1-33(2)24-17(13-35-8-6-15(7-9-35)14-43-5)12-20(36)22-18(24)10-16-11-19-25(34(3)4)27(38)23(30(32)41)29(40)31(19,42)28(39)21(16)26(22)37/h12,15-16,19,25,36,38-39,42H,6-11,13-14H2,1-5H3,(H2,32,41)/t16-,19-,25-,31-/m0/s1. The predicted molar refractivity (Wildman–Crippen MR) is 158 cm³/mol. The summed E-state index contributed by atoms with van der Waals surface area (Å²) in [4.78, 5) is 45.5. The Hall–Kier alpha value is -3.45. The summed E-state index contributed by atoms with van der Waals surface area (Å²) in [6, 6.07) is 0.560. The Morgan fingerprint density at radius 2 is 1.79 bits per heavy atom. The Labute approximate surface area is 251 Å². The molecule has 1 amide bonds. The summed E-state index contributed by atoms with van der Waals surface area (Å²) in [6.45, 7) is 3.07. The molecule has 1 aliphatic heterocycles. The molecule has 4 aliphatic rings. The first-order valence-corrected chi connectivity index (χ1v) is 14.6. The molecular formula is C31H42N4O8. The van der Waals surface area contributed by atoms with Gasteiger partial charge in [-0.1, -0.05) is 0 Å². The molecule has 1 fully saturated rings. The highest BCUT2D eigenvalue weighted by Crippen LogP contribution is 2.53. The van der Waals surface area contributed by atoms with Crippen LogP contribution in [0.3, 0.4) is 0 Å². The number of piperidine rings is 1. The number of rotatable bonds is 7. The van der Waals surface area contributed by atoms with Gasteiger partial charge in [0.25, 0.3) is 5.91 Å². The van der Waals surface area contributed by atoms with Crippen LogP contribution in [0, 0.1) is 17.8 Å². The molecule has 0 bridgehead atoms. The number of methoxy groups -OCH3 is 1. The van der Waals surface area contributed by atoms with Crippen LogP contribution in [0.2, 0.25) is 0 Å². The third-order valence-electron chi connectivity index (χ3n) is 9.72. The molecule has 12 nitrogen and oxygen atoms in total. The fourth-order valence-electron chi connectivity index (χ4n) is 7.84. The molecular weight excluding hydrogens is 556 g/mol. The van der Waals surface area contributed by atoms with E-state index in [4.69, 9.17) is 10.5 Å². The van der Waals surface area contributed by atoms with Gasteiger partial charge in [0.05, 0.1) is 11.6 Å². The number of phenolic OH excluding ortho intramolecular Hbond substituents is 1. The summed E-state index contributed by atoms with van der Waals surface area (Å²) in [5, 5.41) is 45.5. The van der Waals surface area contributed by atoms with E-state index in [0.29, 0.717) is 18.0 Å². The van der Waals surface area contributed by atoms with Crippen molar-refractivity contribution in [2.45, 2.75) is 43.9 Å². The fraction of sp³-hybridized carbons (Fsp3) is 0.581. The van der Waals surface area contributed by atoms with Gasteiger partial charge in [0, 0.05) is 51.5 Å². The number of nitrogens with two attached hydrogens (primary N) is 1. The fourth-order valence-corrected chi connectivity index (χ4v) is 7.84. The zero-order chi connectivity index (χ0) is 31.5. The molecule has 1 aromatic rings. The quantitative estimate of drug-likeness (QED) is 0.284. The number of likely N-dealkylation sites (N-methyl/N-ethyl adjacent to an activating group) is 1. The van der Waals surface area contributed by atoms with Crippen LogP contribution >= 0.6 is 0 Å². The normalized spacial score (nSPS) is 28.2. The monoisotopic (exact) mass is 598 g/mol. The highest BCUT2D eigenvalue weighted by atomic mass is 16.5. The summed E-state index contributed by atoms with van der Waals surface area (Å²) in [7, 11) is 8.69. The SMILES string of the molecule is COCC1CCN(Cc2cc(O)c3c(c2N(C)C)C[C@H]2C[C@H]4[C@H](N(C)C)C(O)=C(C(N)=O)C(=O)[C@@]4(O)C(O)=C2C3=O)CC1. The van der Waals surface area contributed by atoms with E-state index < -0.39 is 58.0 Å². The number of likely N-dealkylation sites (tertiary alicyclic amines) is 1. The van der Waals surface area contributed by atoms with Crippen LogP contribution in [-0.2, 0) is 27.3 Å². The predicted octanol–water partition coefficient (Wildman–Crippen LogP) is 1.05. The average Bonchev–Trinajstić information content (AvgIpc) is 2.91. The lowest BCUT2D eigenvalue weighted by Crippen LogP contribution is -2.63. The molecule has 0 unspecified atom stereocenters. The second kappa shape index (κ2) is 11.2. The van der Waals surface area contributed by atoms with E-state index >= 15 is 0 Å². The summed E-state index contributed by atoms with van der Waals surface area (Å²) in [6.07, 6.45) is 2.31. The number of anilines is 1. The first kappa shape index (κ1) is 31.0. The largest absolute Gasteiger partial charge is 0.510 e. The van der Waals surface area contributed by atoms with Crippen LogP contribution < -0.4 is 10.6 Å². The molecule has 0 spiro atoms. The van der Waals surface area contributed by atoms with Crippen molar-refractivity contribution in [3.05, 3.63) is 45.4 Å². The van der Waals surface area contributed by atoms with Gasteiger partial charge in [-0.15, -0.1) is 0 Å². The lowest BCUT2D eigenvalue weighted by Gasteiger charge is -2.50. The zero-order valence-electron chi connectivity index (χ0n) is 25.4. The molecule has 12 heteroatoms. The van der Waals surface area contributed by atoms with Gasteiger partial charge in [-0.05, 0) is 81.9 Å². The molecule has 1 saturated heterocycles. The number of Topliss-reactive ketones (excluding diaryl/α,β-unsaturated/α-hetero) is 2. The first-order chi connectivity index (χ1) is 20.2. The summed E-state index contributed by atoms with van der Waals surface area (Å²) < 4.78 is 5.33. The molecule has 0 radical (unpaired) electrons. The van der Waals surface area contributed by atoms with Gasteiger partial charge in [-0.25, -0.2) is 0 Å². The van der Waals surface area contributed by atoms with E-state index in [9.17, 15) is 34.8 Å². The van der Waals surface area contributed by atoms with Gasteiger partial charge < -0.3 is 35.8 Å². The maximum absolute atomic E-state index is 14.1. The van der Waals surface area contributed by atoms with Crippen LogP contribution in [0.4, 0.5) is 5.69 Å². The first-order valence-electron chi connectivity index (χ1n) is 14.6. The second-order valence-corrected chi connectivity index (χ2v) is 12.8. The van der Waals surface area contributed by atoms with Crippen molar-refractivity contribution in [3.63, 3.8) is 0 Å². The number of primary amides is 1. The van der Waals surface area contributed by atoms with E-state index in [1.807, 2.05) is 19.0 Å². The van der Waals surface area contributed by atoms with E-state index in [2.05, 4.69) is 4.90 Å². The van der Waals surface area contributed by atoms with Gasteiger partial charge in [0.2, 0.25) is 5.78 Å². The van der Waals surface area contributed by atoms with Crippen molar-refractivity contribution in [3.8, 4) is 5.75 Å². The van der Waals surface area contributed by atoms with Crippen LogP contribution in [0.1, 0.15) is 40.7 Å². The Kier molecular flexibility index (Phi) is 8.10. The van der Waals surface area contributed by atoms with Crippen LogP contribution in [-0.4, -0.2) is 114 Å². The molecule has 0 saturated carbocycles. The van der Waals surface area contributed by atoms with Gasteiger partial charge in [-0.2, -0.15) is 0 Å². The van der Waals surface area contributed by atoms with Crippen molar-refractivity contribution >= 4 is 23.2 Å². The number of nitrogens with zero attached hydrogens (tertiary/aromatic N) is 3. The number of phenols is 1. The van der Waals surface area contributed by atoms with Gasteiger partial charge in [0.1, 0.15) is 22.8 Å². The minimum atomic E-state index is -2.65. The number of carbonyl (C=O) groups excluding carboxylic acids is 3. The maximum Gasteiger partial charge on any atom is 0.255 e. The number of amides is 1. The molecule has 6 N–H and O–H groups in total. The minimum absolute atomic E-state index is 0.0204. The van der Waals surface area contributed by atoms with Crippen molar-refractivity contribution in [1.29, 1.82) is 0 Å². The van der Waals surface area contributed by atoms with Gasteiger partial charge in [-0.3, -0.25) is 24.2 Å². The number of fused-ring (bicyclic) bond motifs is 3. The molecule has 1 heterocycles. The van der Waals surface area contributed by atoms with E-state index in [1.54, 1.807) is 32.2 Å². The van der Waals surface area contributed by atoms with Gasteiger partial charge >= 0.3 is 0 Å². The molecule has 5 rings (SSSR count). The Bertz CT molecular complexity index is 1420. The third kappa shape index (κ3) is 4.80. The molecule has 234 valence electrons. The zero-order valence-corrected chi connectivity index (χ0v) is 25.4. The number of hydrogen-bond donors (Lipinski definition) is 5. The maximum atomic E-state index is 14.1. The van der Waals surface area contributed by atoms with Crippen LogP contribution in [0.15, 0.2) is 28.7 Å². The van der Waals surface area contributed by atoms with E-state index in [-0.39, 0.29) is 29.7 Å². The number of benzene rings is 1. The van der Waals surface area contributed by atoms with E-state index in [0.717, 1.165) is 43.8 Å². The number of ether oxygens (including phenoxy) is 1. The van der Waals surface area contributed by atoms with Crippen molar-refractivity contribution < 1.29 is 39.5 Å². The highest BCUT2D eigenvalue weighted by molar-refractivity contribution is 6.24. The van der Waals surface area contributed by atoms with Crippen molar-refractivity contribution in [2.75, 3.05) is 59.9 Å². The van der Waals surface area contributed by atoms with Crippen molar-refractivity contribution in [2.24, 2.45) is 23.5 Å². The number of ketones is 2. The molecule has 3 aliphatic carbocycles. The second-order valence-electron chi connectivity index (χ2n) is 12.8. The molecule has 1 aromatic carbocycles. The minimum Gasteiger partial charge on any atom is -0.510 e. The molecule has 4 atom stereocenters. The number of aromatic hydroxyl groups is 1. The summed E-state index contributed by atoms with van der Waals surface area (Å²) >= 11 is 0. The number of aliphatic hydroxyl groups excluding tert-OH is 2. The topological polar surface area (TPSA) is 177 Å². The Morgan fingerprint density at radius 3 is 2.35 bits per heavy atom. The van der Waals surface area contributed by atoms with Crippen LogP contribution in [0.5, 0.6) is 5.75 Å². The number of carbonyl (C=O) groups is 3. The lowest BCUT2D eigenvalue weighted by atomic mass is 9.58. The Balaban J connectivity index is 1.59. The summed E-state index contributed by atoms with van der Waals surface area (Å²) in [5.74, 6) is -6.03. The number of hydrogen-bond acceptors (Lipinski definition) is 11. The third-order valence-corrected chi connectivity index (χ3v) is 9.72. The van der Waals surface area contributed by atoms with E-state index in [1.165, 1.54) is 0 Å². The highest BCUT2D eigenvalue weighted by Gasteiger charge is 2.63. The molecule has 43 heavy (non-hydrogen) atoms. The average molecular weight is 599 g/mol. The van der Waals surface area contributed by atoms with Crippen LogP contribution in [0.25, 0.3) is 0 Å². The Morgan fingerprint density at radius 1 is 1.14 bits per heavy atom. The number of aliphatic hydroxyl groups is 3. The smallest absolute Gasteiger partial charge is 0.255 e. The summed E-state index contributed by atoms with van der Waals surface area (Å²) in [5.41, 5.74) is 4.11. The van der Waals surface area contributed by atoms with Crippen molar-refractivity contribution in [1.82, 2.24) is 9.80 Å². The molecule has 0 aromatic heterocycles. The number of allylic oxidation sites excluding steroid dienone is 1.